The first-order chi connectivity index (χ1) is 19.7. The monoisotopic (exact) mass is 571 g/mol. The number of fused-ring (bicyclic) bond motifs is 1. The standard InChI is InChI=1S/C32H34ClN5O3/c1-6-22-12-10-13-23(7-2)28(22)38-30-25(18-26(33)31(34-30)41-24-14-9-11-20(4)17-24)29(35-32(38)40)37-16-15-36(19-21(37)5)27(39)8-3/h8-14,17-18,21H,3,6-7,15-16,19H2,1-2,4-5H3/t21-/m0/s1. The first kappa shape index (κ1) is 28.4. The number of hydrogen-bond acceptors (Lipinski definition) is 6. The number of ether oxygens (including phenoxy) is 1. The average molecular weight is 572 g/mol. The summed E-state index contributed by atoms with van der Waals surface area (Å²) in [7, 11) is 0. The van der Waals surface area contributed by atoms with Crippen molar-refractivity contribution in [2.45, 2.75) is 46.6 Å². The molecule has 1 aliphatic rings. The number of halogens is 1. The molecule has 8 nitrogen and oxygen atoms in total. The van der Waals surface area contributed by atoms with Crippen molar-refractivity contribution in [2.24, 2.45) is 0 Å². The summed E-state index contributed by atoms with van der Waals surface area (Å²) in [5.41, 5.74) is 3.85. The Balaban J connectivity index is 1.75. The van der Waals surface area contributed by atoms with Gasteiger partial charge in [0.05, 0.1) is 11.1 Å². The highest BCUT2D eigenvalue weighted by atomic mass is 35.5. The van der Waals surface area contributed by atoms with Crippen molar-refractivity contribution in [3.05, 3.63) is 93.4 Å². The lowest BCUT2D eigenvalue weighted by Crippen LogP contribution is -2.54. The topological polar surface area (TPSA) is 80.6 Å². The lowest BCUT2D eigenvalue weighted by Gasteiger charge is -2.40. The van der Waals surface area contributed by atoms with Crippen LogP contribution < -0.4 is 15.3 Å². The molecule has 0 radical (unpaired) electrons. The van der Waals surface area contributed by atoms with Crippen molar-refractivity contribution in [2.75, 3.05) is 24.5 Å². The highest BCUT2D eigenvalue weighted by Crippen LogP contribution is 2.36. The molecule has 3 heterocycles. The summed E-state index contributed by atoms with van der Waals surface area (Å²) >= 11 is 6.79. The first-order valence-corrected chi connectivity index (χ1v) is 14.3. The van der Waals surface area contributed by atoms with Gasteiger partial charge in [0.15, 0.2) is 5.65 Å². The number of carbonyl (C=O) groups is 1. The Morgan fingerprint density at radius 2 is 1.80 bits per heavy atom. The summed E-state index contributed by atoms with van der Waals surface area (Å²) in [5, 5.41) is 0.939. The van der Waals surface area contributed by atoms with E-state index in [1.165, 1.54) is 6.08 Å². The summed E-state index contributed by atoms with van der Waals surface area (Å²) in [6.45, 7) is 13.2. The predicted octanol–water partition coefficient (Wildman–Crippen LogP) is 5.88. The number of amides is 1. The molecule has 2 aromatic carbocycles. The molecule has 0 saturated carbocycles. The van der Waals surface area contributed by atoms with Gasteiger partial charge in [0.2, 0.25) is 11.8 Å². The van der Waals surface area contributed by atoms with Gasteiger partial charge in [-0.3, -0.25) is 4.79 Å². The summed E-state index contributed by atoms with van der Waals surface area (Å²) in [6.07, 6.45) is 2.79. The van der Waals surface area contributed by atoms with E-state index >= 15 is 0 Å². The van der Waals surface area contributed by atoms with Gasteiger partial charge in [-0.2, -0.15) is 9.97 Å². The van der Waals surface area contributed by atoms with Gasteiger partial charge in [0.1, 0.15) is 16.6 Å². The molecule has 0 aliphatic carbocycles. The Labute approximate surface area is 244 Å². The molecule has 4 aromatic rings. The largest absolute Gasteiger partial charge is 0.437 e. The smallest absolute Gasteiger partial charge is 0.355 e. The summed E-state index contributed by atoms with van der Waals surface area (Å²) in [5.74, 6) is 1.18. The SMILES string of the molecule is C=CC(=O)N1CCN(c2nc(=O)n(-c3c(CC)cccc3CC)c3nc(Oc4cccc(C)c4)c(Cl)cc23)[C@@H](C)C1. The van der Waals surface area contributed by atoms with Crippen LogP contribution in [0.25, 0.3) is 16.7 Å². The number of nitrogens with zero attached hydrogens (tertiary/aromatic N) is 5. The van der Waals surface area contributed by atoms with Crippen LogP contribution in [-0.2, 0) is 17.6 Å². The van der Waals surface area contributed by atoms with Crippen molar-refractivity contribution < 1.29 is 9.53 Å². The maximum Gasteiger partial charge on any atom is 0.355 e. The van der Waals surface area contributed by atoms with Gasteiger partial charge >= 0.3 is 5.69 Å². The molecule has 5 rings (SSSR count). The summed E-state index contributed by atoms with van der Waals surface area (Å²) in [4.78, 5) is 39.6. The van der Waals surface area contributed by atoms with Crippen LogP contribution in [0, 0.1) is 6.92 Å². The fourth-order valence-electron chi connectivity index (χ4n) is 5.48. The van der Waals surface area contributed by atoms with Gasteiger partial charge in [0, 0.05) is 25.7 Å². The van der Waals surface area contributed by atoms with E-state index in [1.54, 1.807) is 15.5 Å². The molecule has 0 spiro atoms. The molecule has 0 N–H and O–H groups in total. The molecule has 0 unspecified atom stereocenters. The third-order valence-corrected chi connectivity index (χ3v) is 7.82. The number of aromatic nitrogens is 3. The Morgan fingerprint density at radius 1 is 1.10 bits per heavy atom. The van der Waals surface area contributed by atoms with Crippen LogP contribution in [0.1, 0.15) is 37.5 Å². The fraction of sp³-hybridized carbons (Fsp3) is 0.312. The third kappa shape index (κ3) is 5.44. The second kappa shape index (κ2) is 11.7. The van der Waals surface area contributed by atoms with Crippen LogP contribution in [-0.4, -0.2) is 51.0 Å². The minimum Gasteiger partial charge on any atom is -0.437 e. The predicted molar refractivity (Wildman–Crippen MR) is 164 cm³/mol. The third-order valence-electron chi connectivity index (χ3n) is 7.55. The quantitative estimate of drug-likeness (QED) is 0.258. The second-order valence-electron chi connectivity index (χ2n) is 10.3. The van der Waals surface area contributed by atoms with Gasteiger partial charge in [-0.1, -0.05) is 62.4 Å². The normalized spacial score (nSPS) is 15.3. The van der Waals surface area contributed by atoms with Crippen LogP contribution in [0.2, 0.25) is 5.02 Å². The number of carbonyl (C=O) groups excluding carboxylic acids is 1. The fourth-order valence-corrected chi connectivity index (χ4v) is 5.67. The maximum absolute atomic E-state index is 14.0. The van der Waals surface area contributed by atoms with E-state index in [-0.39, 0.29) is 17.8 Å². The van der Waals surface area contributed by atoms with Gasteiger partial charge < -0.3 is 14.5 Å². The number of aryl methyl sites for hydroxylation is 3. The second-order valence-corrected chi connectivity index (χ2v) is 10.7. The van der Waals surface area contributed by atoms with E-state index < -0.39 is 5.69 Å². The van der Waals surface area contributed by atoms with Crippen molar-refractivity contribution in [1.82, 2.24) is 19.4 Å². The molecule has 1 atom stereocenters. The molecule has 1 amide bonds. The molecule has 1 aliphatic heterocycles. The summed E-state index contributed by atoms with van der Waals surface area (Å²) in [6, 6.07) is 15.4. The molecule has 2 aromatic heterocycles. The number of rotatable bonds is 7. The summed E-state index contributed by atoms with van der Waals surface area (Å²) < 4.78 is 7.75. The zero-order chi connectivity index (χ0) is 29.3. The molecule has 41 heavy (non-hydrogen) atoms. The lowest BCUT2D eigenvalue weighted by molar-refractivity contribution is -0.126. The number of pyridine rings is 1. The molecule has 1 fully saturated rings. The minimum absolute atomic E-state index is 0.102. The lowest BCUT2D eigenvalue weighted by atomic mass is 10.0. The number of piperazine rings is 1. The average Bonchev–Trinajstić information content (AvgIpc) is 2.97. The molecule has 212 valence electrons. The molecular weight excluding hydrogens is 538 g/mol. The van der Waals surface area contributed by atoms with Crippen LogP contribution >= 0.6 is 11.6 Å². The Bertz CT molecular complexity index is 1680. The number of benzene rings is 2. The van der Waals surface area contributed by atoms with E-state index in [0.29, 0.717) is 47.3 Å². The van der Waals surface area contributed by atoms with Crippen molar-refractivity contribution in [3.8, 4) is 17.3 Å². The maximum atomic E-state index is 14.0. The van der Waals surface area contributed by atoms with E-state index in [9.17, 15) is 9.59 Å². The Hall–Kier alpha value is -4.17. The molecule has 1 saturated heterocycles. The van der Waals surface area contributed by atoms with Crippen molar-refractivity contribution in [3.63, 3.8) is 0 Å². The van der Waals surface area contributed by atoms with Gasteiger partial charge in [0.25, 0.3) is 0 Å². The Morgan fingerprint density at radius 3 is 2.44 bits per heavy atom. The van der Waals surface area contributed by atoms with E-state index in [0.717, 1.165) is 35.2 Å². The Kier molecular flexibility index (Phi) is 8.13. The van der Waals surface area contributed by atoms with Gasteiger partial charge in [-0.05, 0) is 67.7 Å². The number of anilines is 1. The van der Waals surface area contributed by atoms with Crippen molar-refractivity contribution >= 4 is 34.4 Å². The molecule has 0 bridgehead atoms. The molecular formula is C32H34ClN5O3. The van der Waals surface area contributed by atoms with Crippen LogP contribution in [0.5, 0.6) is 11.6 Å². The van der Waals surface area contributed by atoms with E-state index in [2.05, 4.69) is 25.4 Å². The van der Waals surface area contributed by atoms with Crippen LogP contribution in [0.3, 0.4) is 0 Å². The van der Waals surface area contributed by atoms with E-state index in [4.69, 9.17) is 21.3 Å². The number of para-hydroxylation sites is 1. The van der Waals surface area contributed by atoms with Crippen molar-refractivity contribution in [1.29, 1.82) is 0 Å². The minimum atomic E-state index is -0.434. The zero-order valence-corrected chi connectivity index (χ0v) is 24.6. The number of hydrogen-bond donors (Lipinski definition) is 0. The highest BCUT2D eigenvalue weighted by molar-refractivity contribution is 6.32. The van der Waals surface area contributed by atoms with Gasteiger partial charge in [-0.15, -0.1) is 0 Å². The van der Waals surface area contributed by atoms with Gasteiger partial charge in [-0.25, -0.2) is 9.36 Å². The highest BCUT2D eigenvalue weighted by Gasteiger charge is 2.30. The van der Waals surface area contributed by atoms with E-state index in [1.807, 2.05) is 61.2 Å². The van der Waals surface area contributed by atoms with Crippen LogP contribution in [0.15, 0.2) is 66.0 Å². The zero-order valence-electron chi connectivity index (χ0n) is 23.9. The van der Waals surface area contributed by atoms with Crippen LogP contribution in [0.4, 0.5) is 5.82 Å². The first-order valence-electron chi connectivity index (χ1n) is 13.9. The molecule has 9 heteroatoms.